The Morgan fingerprint density at radius 3 is 2.82 bits per heavy atom. The van der Waals surface area contributed by atoms with Crippen LogP contribution in [0.1, 0.15) is 5.56 Å². The molecule has 28 heavy (non-hydrogen) atoms. The second-order valence-electron chi connectivity index (χ2n) is 6.20. The number of benzene rings is 2. The normalized spacial score (nSPS) is 13.0. The molecule has 0 saturated carbocycles. The van der Waals surface area contributed by atoms with Crippen molar-refractivity contribution in [2.45, 2.75) is 10.8 Å². The van der Waals surface area contributed by atoms with E-state index in [4.69, 9.17) is 21.1 Å². The van der Waals surface area contributed by atoms with Crippen LogP contribution < -0.4 is 9.47 Å². The van der Waals surface area contributed by atoms with Crippen molar-refractivity contribution < 1.29 is 9.47 Å². The number of halogens is 1. The summed E-state index contributed by atoms with van der Waals surface area (Å²) in [7, 11) is 0. The summed E-state index contributed by atoms with van der Waals surface area (Å²) in [6.07, 6.45) is 3.38. The zero-order chi connectivity index (χ0) is 18.9. The predicted molar refractivity (Wildman–Crippen MR) is 109 cm³/mol. The van der Waals surface area contributed by atoms with Gasteiger partial charge in [-0.15, -0.1) is 11.8 Å². The molecule has 0 unspecified atom stereocenters. The Labute approximate surface area is 170 Å². The first-order chi connectivity index (χ1) is 13.8. The minimum absolute atomic E-state index is 0.519. The zero-order valence-electron chi connectivity index (χ0n) is 14.7. The molecule has 0 atom stereocenters. The lowest BCUT2D eigenvalue weighted by atomic mass is 10.2. The number of fused-ring (bicyclic) bond motifs is 2. The van der Waals surface area contributed by atoms with Crippen LogP contribution in [0.3, 0.4) is 0 Å². The highest BCUT2D eigenvalue weighted by molar-refractivity contribution is 7.98. The zero-order valence-corrected chi connectivity index (χ0v) is 16.3. The van der Waals surface area contributed by atoms with E-state index in [1.807, 2.05) is 47.1 Å². The van der Waals surface area contributed by atoms with Gasteiger partial charge in [-0.2, -0.15) is 5.10 Å². The maximum Gasteiger partial charge on any atom is 0.179 e. The Balaban J connectivity index is 1.43. The van der Waals surface area contributed by atoms with Crippen LogP contribution in [0.25, 0.3) is 16.7 Å². The highest BCUT2D eigenvalue weighted by Gasteiger charge is 2.17. The van der Waals surface area contributed by atoms with Crippen molar-refractivity contribution in [1.82, 2.24) is 19.7 Å². The van der Waals surface area contributed by atoms with E-state index in [-0.39, 0.29) is 0 Å². The first-order valence-electron chi connectivity index (χ1n) is 8.74. The summed E-state index contributed by atoms with van der Waals surface area (Å²) in [6.45, 7) is 1.05. The van der Waals surface area contributed by atoms with Crippen LogP contribution in [0.5, 0.6) is 11.5 Å². The van der Waals surface area contributed by atoms with Gasteiger partial charge in [-0.25, -0.2) is 14.6 Å². The van der Waals surface area contributed by atoms with Crippen LogP contribution in [0.15, 0.2) is 60.0 Å². The Bertz CT molecular complexity index is 1150. The van der Waals surface area contributed by atoms with Crippen LogP contribution in [0, 0.1) is 0 Å². The van der Waals surface area contributed by atoms with Gasteiger partial charge in [0.05, 0.1) is 22.3 Å². The molecule has 0 radical (unpaired) electrons. The minimum Gasteiger partial charge on any atom is -0.486 e. The van der Waals surface area contributed by atoms with Crippen LogP contribution in [0.4, 0.5) is 0 Å². The first-order valence-corrected chi connectivity index (χ1v) is 10.1. The number of rotatable bonds is 4. The van der Waals surface area contributed by atoms with Crippen molar-refractivity contribution in [3.05, 3.63) is 65.6 Å². The maximum absolute atomic E-state index is 6.34. The van der Waals surface area contributed by atoms with Crippen molar-refractivity contribution >= 4 is 34.4 Å². The molecule has 0 fully saturated rings. The molecule has 0 spiro atoms. The van der Waals surface area contributed by atoms with E-state index in [0.717, 1.165) is 27.3 Å². The molecule has 8 heteroatoms. The van der Waals surface area contributed by atoms with E-state index in [1.54, 1.807) is 24.3 Å². The summed E-state index contributed by atoms with van der Waals surface area (Å²) in [6, 6.07) is 13.8. The monoisotopic (exact) mass is 410 g/mol. The molecule has 2 aromatic carbocycles. The second-order valence-corrected chi connectivity index (χ2v) is 7.57. The first kappa shape index (κ1) is 17.3. The third-order valence-corrected chi connectivity index (χ3v) is 5.72. The van der Waals surface area contributed by atoms with E-state index < -0.39 is 0 Å². The largest absolute Gasteiger partial charge is 0.486 e. The summed E-state index contributed by atoms with van der Waals surface area (Å²) >= 11 is 7.95. The number of aromatic nitrogens is 4. The minimum atomic E-state index is 0.519. The second kappa shape index (κ2) is 7.33. The Hall–Kier alpha value is -2.77. The number of hydrogen-bond donors (Lipinski definition) is 0. The molecule has 3 heterocycles. The van der Waals surface area contributed by atoms with Crippen molar-refractivity contribution in [2.75, 3.05) is 13.2 Å². The molecular weight excluding hydrogens is 396 g/mol. The summed E-state index contributed by atoms with van der Waals surface area (Å²) in [5, 5.41) is 6.85. The van der Waals surface area contributed by atoms with Gasteiger partial charge in [-0.05, 0) is 29.8 Å². The van der Waals surface area contributed by atoms with Crippen LogP contribution in [0.2, 0.25) is 5.02 Å². The fourth-order valence-electron chi connectivity index (χ4n) is 3.10. The average molecular weight is 411 g/mol. The molecule has 0 amide bonds. The molecule has 140 valence electrons. The summed E-state index contributed by atoms with van der Waals surface area (Å²) in [5.74, 6) is 2.01. The molecule has 6 nitrogen and oxygen atoms in total. The lowest BCUT2D eigenvalue weighted by molar-refractivity contribution is 0.171. The van der Waals surface area contributed by atoms with E-state index >= 15 is 0 Å². The Morgan fingerprint density at radius 1 is 1.07 bits per heavy atom. The van der Waals surface area contributed by atoms with Gasteiger partial charge in [0, 0.05) is 5.75 Å². The lowest BCUT2D eigenvalue weighted by Crippen LogP contribution is -2.15. The highest BCUT2D eigenvalue weighted by Crippen LogP contribution is 2.39. The predicted octanol–water partition coefficient (Wildman–Crippen LogP) is 4.53. The van der Waals surface area contributed by atoms with E-state index in [0.29, 0.717) is 35.5 Å². The van der Waals surface area contributed by atoms with Gasteiger partial charge in [0.2, 0.25) is 0 Å². The molecule has 0 saturated heterocycles. The number of thioether (sulfide) groups is 1. The number of hydrogen-bond acceptors (Lipinski definition) is 6. The maximum atomic E-state index is 6.34. The Kier molecular flexibility index (Phi) is 4.54. The SMILES string of the molecule is Clc1cc(CSc2ncnc3c2cnn3-c2ccccc2)cc2c1OCCO2. The molecule has 1 aliphatic rings. The van der Waals surface area contributed by atoms with Gasteiger partial charge in [0.25, 0.3) is 0 Å². The van der Waals surface area contributed by atoms with Crippen LogP contribution in [-0.2, 0) is 5.75 Å². The van der Waals surface area contributed by atoms with Crippen molar-refractivity contribution in [2.24, 2.45) is 0 Å². The van der Waals surface area contributed by atoms with Crippen molar-refractivity contribution in [3.8, 4) is 17.2 Å². The van der Waals surface area contributed by atoms with Gasteiger partial charge in [-0.3, -0.25) is 0 Å². The van der Waals surface area contributed by atoms with Gasteiger partial charge in [0.1, 0.15) is 24.6 Å². The molecule has 4 aromatic rings. The molecule has 5 rings (SSSR count). The Morgan fingerprint density at radius 2 is 1.93 bits per heavy atom. The van der Waals surface area contributed by atoms with Gasteiger partial charge < -0.3 is 9.47 Å². The highest BCUT2D eigenvalue weighted by atomic mass is 35.5. The number of ether oxygens (including phenoxy) is 2. The number of para-hydroxylation sites is 1. The van der Waals surface area contributed by atoms with E-state index in [1.165, 1.54) is 0 Å². The number of nitrogens with zero attached hydrogens (tertiary/aromatic N) is 4. The molecule has 0 N–H and O–H groups in total. The quantitative estimate of drug-likeness (QED) is 0.364. The third-order valence-electron chi connectivity index (χ3n) is 4.36. The average Bonchev–Trinajstić information content (AvgIpc) is 3.18. The third kappa shape index (κ3) is 3.16. The molecule has 2 aromatic heterocycles. The van der Waals surface area contributed by atoms with Gasteiger partial charge >= 0.3 is 0 Å². The standard InChI is InChI=1S/C20H15ClN4O2S/c21-16-8-13(9-17-18(16)27-7-6-26-17)11-28-20-15-10-24-25(19(15)22-12-23-20)14-4-2-1-3-5-14/h1-5,8-10,12H,6-7,11H2. The molecule has 0 bridgehead atoms. The van der Waals surface area contributed by atoms with Gasteiger partial charge in [0.15, 0.2) is 17.1 Å². The fourth-order valence-corrected chi connectivity index (χ4v) is 4.27. The summed E-state index contributed by atoms with van der Waals surface area (Å²) in [5.41, 5.74) is 2.79. The van der Waals surface area contributed by atoms with Crippen LogP contribution in [-0.4, -0.2) is 33.0 Å². The lowest BCUT2D eigenvalue weighted by Gasteiger charge is -2.20. The van der Waals surface area contributed by atoms with E-state index in [2.05, 4.69) is 15.1 Å². The summed E-state index contributed by atoms with van der Waals surface area (Å²) < 4.78 is 13.1. The molecule has 0 aliphatic carbocycles. The van der Waals surface area contributed by atoms with Crippen molar-refractivity contribution in [1.29, 1.82) is 0 Å². The van der Waals surface area contributed by atoms with Crippen LogP contribution >= 0.6 is 23.4 Å². The molecular formula is C20H15ClN4O2S. The molecule has 1 aliphatic heterocycles. The fraction of sp³-hybridized carbons (Fsp3) is 0.150. The van der Waals surface area contributed by atoms with Gasteiger partial charge in [-0.1, -0.05) is 29.8 Å². The summed E-state index contributed by atoms with van der Waals surface area (Å²) in [4.78, 5) is 8.87. The van der Waals surface area contributed by atoms with E-state index in [9.17, 15) is 0 Å². The smallest absolute Gasteiger partial charge is 0.179 e. The van der Waals surface area contributed by atoms with Crippen molar-refractivity contribution in [3.63, 3.8) is 0 Å². The topological polar surface area (TPSA) is 62.1 Å².